The molecule has 0 aromatic heterocycles. The van der Waals surface area contributed by atoms with Gasteiger partial charge in [-0.15, -0.1) is 0 Å². The molecule has 0 saturated carbocycles. The zero-order chi connectivity index (χ0) is 22.6. The Hall–Kier alpha value is -4.23. The van der Waals surface area contributed by atoms with Gasteiger partial charge in [-0.05, 0) is 28.8 Å². The first-order valence-corrected chi connectivity index (χ1v) is 10.8. The molecule has 0 saturated heterocycles. The average molecular weight is 432 g/mol. The smallest absolute Gasteiger partial charge is 0.141 e. The van der Waals surface area contributed by atoms with Gasteiger partial charge in [0.1, 0.15) is 24.2 Å². The van der Waals surface area contributed by atoms with Gasteiger partial charge in [0.25, 0.3) is 0 Å². The second kappa shape index (κ2) is 9.10. The Bertz CT molecular complexity index is 1320. The van der Waals surface area contributed by atoms with Gasteiger partial charge >= 0.3 is 0 Å². The first-order valence-electron chi connectivity index (χ1n) is 10.8. The van der Waals surface area contributed by atoms with Gasteiger partial charge < -0.3 is 4.74 Å². The van der Waals surface area contributed by atoms with E-state index in [0.29, 0.717) is 18.8 Å². The minimum atomic E-state index is -0.538. The van der Waals surface area contributed by atoms with E-state index in [-0.39, 0.29) is 5.82 Å². The van der Waals surface area contributed by atoms with Crippen LogP contribution in [0, 0.1) is 17.1 Å². The van der Waals surface area contributed by atoms with Crippen LogP contribution in [0.15, 0.2) is 102 Å². The quantitative estimate of drug-likeness (QED) is 0.345. The Kier molecular flexibility index (Phi) is 5.70. The Labute approximate surface area is 192 Å². The highest BCUT2D eigenvalue weighted by atomic mass is 19.1. The zero-order valence-electron chi connectivity index (χ0n) is 17.9. The van der Waals surface area contributed by atoms with Crippen molar-refractivity contribution in [3.63, 3.8) is 0 Å². The summed E-state index contributed by atoms with van der Waals surface area (Å²) in [5.74, 6) is 0.251. The van der Waals surface area contributed by atoms with E-state index < -0.39 is 6.04 Å². The number of benzene rings is 4. The van der Waals surface area contributed by atoms with Crippen molar-refractivity contribution in [2.75, 3.05) is 0 Å². The number of nitrogens with zero attached hydrogens (tertiary/aromatic N) is 2. The van der Waals surface area contributed by atoms with E-state index in [2.05, 4.69) is 12.1 Å². The summed E-state index contributed by atoms with van der Waals surface area (Å²) in [7, 11) is 0. The molecule has 0 fully saturated rings. The monoisotopic (exact) mass is 432 g/mol. The van der Waals surface area contributed by atoms with Gasteiger partial charge in [-0.2, -0.15) is 5.26 Å². The van der Waals surface area contributed by atoms with Crippen molar-refractivity contribution in [3.05, 3.63) is 125 Å². The molecule has 1 unspecified atom stereocenters. The molecule has 160 valence electrons. The molecule has 0 radical (unpaired) electrons. The number of ether oxygens (including phenoxy) is 1. The second-order valence-corrected chi connectivity index (χ2v) is 7.98. The Morgan fingerprint density at radius 2 is 1.55 bits per heavy atom. The van der Waals surface area contributed by atoms with E-state index in [1.807, 2.05) is 72.8 Å². The fourth-order valence-corrected chi connectivity index (χ4v) is 4.16. The van der Waals surface area contributed by atoms with Gasteiger partial charge in [0.2, 0.25) is 0 Å². The molecule has 1 aliphatic heterocycles. The molecule has 0 bridgehead atoms. The summed E-state index contributed by atoms with van der Waals surface area (Å²) in [5, 5.41) is 9.91. The third-order valence-electron chi connectivity index (χ3n) is 5.74. The molecule has 4 aromatic carbocycles. The number of rotatable bonds is 5. The summed E-state index contributed by atoms with van der Waals surface area (Å²) >= 11 is 0. The van der Waals surface area contributed by atoms with E-state index >= 15 is 0 Å². The third kappa shape index (κ3) is 4.40. The number of hydrogen-bond donors (Lipinski definition) is 0. The maximum atomic E-state index is 13.5. The van der Waals surface area contributed by atoms with Crippen molar-refractivity contribution in [2.45, 2.75) is 19.1 Å². The van der Waals surface area contributed by atoms with Crippen molar-refractivity contribution in [1.82, 2.24) is 0 Å². The molecule has 1 heterocycles. The number of aliphatic imine (C=N–C) groups is 1. The fraction of sp³-hybridized carbons (Fsp3) is 0.103. The van der Waals surface area contributed by atoms with Crippen LogP contribution in [0.3, 0.4) is 0 Å². The highest BCUT2D eigenvalue weighted by molar-refractivity contribution is 6.13. The summed E-state index contributed by atoms with van der Waals surface area (Å²) in [4.78, 5) is 4.87. The van der Waals surface area contributed by atoms with E-state index in [0.717, 1.165) is 39.1 Å². The van der Waals surface area contributed by atoms with E-state index in [1.165, 1.54) is 12.1 Å². The Morgan fingerprint density at radius 1 is 0.879 bits per heavy atom. The molecule has 3 nitrogen and oxygen atoms in total. The van der Waals surface area contributed by atoms with Crippen LogP contribution < -0.4 is 4.74 Å². The Morgan fingerprint density at radius 3 is 2.21 bits per heavy atom. The van der Waals surface area contributed by atoms with Crippen LogP contribution in [0.4, 0.5) is 4.39 Å². The zero-order valence-corrected chi connectivity index (χ0v) is 17.9. The lowest BCUT2D eigenvalue weighted by Crippen LogP contribution is -2.13. The second-order valence-electron chi connectivity index (χ2n) is 7.98. The summed E-state index contributed by atoms with van der Waals surface area (Å²) in [6.07, 6.45) is 0.489. The minimum absolute atomic E-state index is 0.309. The normalized spacial score (nSPS) is 12.5. The topological polar surface area (TPSA) is 45.4 Å². The number of nitriles is 1. The van der Waals surface area contributed by atoms with Crippen molar-refractivity contribution >= 4 is 5.71 Å². The SMILES string of the molecule is N#CC(Cc1ccc2c(c1)COc1cc(F)ccc1-2)N=C(c1ccccc1)c1ccccc1. The fourth-order valence-electron chi connectivity index (χ4n) is 4.16. The van der Waals surface area contributed by atoms with E-state index in [4.69, 9.17) is 9.73 Å². The molecule has 0 spiro atoms. The highest BCUT2D eigenvalue weighted by Gasteiger charge is 2.19. The molecule has 4 heteroatoms. The Balaban J connectivity index is 1.46. The van der Waals surface area contributed by atoms with Crippen LogP contribution >= 0.6 is 0 Å². The lowest BCUT2D eigenvalue weighted by molar-refractivity contribution is 0.300. The van der Waals surface area contributed by atoms with Crippen LogP contribution in [-0.4, -0.2) is 11.8 Å². The molecule has 5 rings (SSSR count). The molecular weight excluding hydrogens is 411 g/mol. The van der Waals surface area contributed by atoms with Gasteiger partial charge in [0.05, 0.1) is 11.8 Å². The molecule has 0 aliphatic carbocycles. The first kappa shape index (κ1) is 20.7. The van der Waals surface area contributed by atoms with Crippen molar-refractivity contribution < 1.29 is 9.13 Å². The lowest BCUT2D eigenvalue weighted by atomic mass is 9.93. The number of fused-ring (bicyclic) bond motifs is 3. The van der Waals surface area contributed by atoms with Crippen molar-refractivity contribution in [2.24, 2.45) is 4.99 Å². The standard InChI is InChI=1S/C29H21FN2O/c30-24-12-14-27-26-13-11-20(15-23(26)19-33-28(27)17-24)16-25(18-31)32-29(21-7-3-1-4-8-21)22-9-5-2-6-10-22/h1-15,17,25H,16,19H2. The summed E-state index contributed by atoms with van der Waals surface area (Å²) in [6, 6.07) is 32.4. The van der Waals surface area contributed by atoms with E-state index in [1.54, 1.807) is 6.07 Å². The molecule has 1 aliphatic rings. The summed E-state index contributed by atoms with van der Waals surface area (Å²) in [5.41, 5.74) is 6.72. The van der Waals surface area contributed by atoms with Crippen LogP contribution in [0.1, 0.15) is 22.3 Å². The molecule has 33 heavy (non-hydrogen) atoms. The summed E-state index contributed by atoms with van der Waals surface area (Å²) in [6.45, 7) is 0.374. The average Bonchev–Trinajstić information content (AvgIpc) is 2.87. The van der Waals surface area contributed by atoms with Crippen molar-refractivity contribution in [3.8, 4) is 22.9 Å². The largest absolute Gasteiger partial charge is 0.488 e. The third-order valence-corrected chi connectivity index (χ3v) is 5.74. The summed E-state index contributed by atoms with van der Waals surface area (Å²) < 4.78 is 19.3. The van der Waals surface area contributed by atoms with Crippen LogP contribution in [0.25, 0.3) is 11.1 Å². The molecule has 0 amide bonds. The van der Waals surface area contributed by atoms with Gasteiger partial charge in [0.15, 0.2) is 0 Å². The maximum absolute atomic E-state index is 13.5. The van der Waals surface area contributed by atoms with Crippen molar-refractivity contribution in [1.29, 1.82) is 5.26 Å². The molecular formula is C29H21FN2O. The minimum Gasteiger partial charge on any atom is -0.488 e. The highest BCUT2D eigenvalue weighted by Crippen LogP contribution is 2.38. The van der Waals surface area contributed by atoms with Crippen LogP contribution in [0.2, 0.25) is 0 Å². The molecule has 0 N–H and O–H groups in total. The number of halogens is 1. The predicted molar refractivity (Wildman–Crippen MR) is 128 cm³/mol. The van der Waals surface area contributed by atoms with Crippen LogP contribution in [-0.2, 0) is 13.0 Å². The van der Waals surface area contributed by atoms with E-state index in [9.17, 15) is 9.65 Å². The van der Waals surface area contributed by atoms with Gasteiger partial charge in [-0.1, -0.05) is 78.9 Å². The molecule has 1 atom stereocenters. The predicted octanol–water partition coefficient (Wildman–Crippen LogP) is 6.36. The number of hydrogen-bond acceptors (Lipinski definition) is 3. The van der Waals surface area contributed by atoms with Gasteiger partial charge in [0, 0.05) is 29.2 Å². The maximum Gasteiger partial charge on any atom is 0.141 e. The lowest BCUT2D eigenvalue weighted by Gasteiger charge is -2.21. The first-order chi connectivity index (χ1) is 16.2. The van der Waals surface area contributed by atoms with Crippen LogP contribution in [0.5, 0.6) is 5.75 Å². The molecule has 4 aromatic rings. The van der Waals surface area contributed by atoms with Gasteiger partial charge in [-0.3, -0.25) is 4.99 Å². The van der Waals surface area contributed by atoms with Gasteiger partial charge in [-0.25, -0.2) is 4.39 Å².